The van der Waals surface area contributed by atoms with Gasteiger partial charge in [0.15, 0.2) is 11.0 Å². The highest BCUT2D eigenvalue weighted by Crippen LogP contribution is 2.31. The van der Waals surface area contributed by atoms with Crippen molar-refractivity contribution in [3.05, 3.63) is 69.1 Å². The number of carbonyl (C=O) groups is 1. The molecule has 0 saturated carbocycles. The smallest absolute Gasteiger partial charge is 0.234 e. The van der Waals surface area contributed by atoms with Crippen molar-refractivity contribution >= 4 is 69.8 Å². The number of thioether (sulfide) groups is 1. The number of rotatable bonds is 7. The second-order valence-electron chi connectivity index (χ2n) is 5.77. The highest BCUT2D eigenvalue weighted by molar-refractivity contribution is 7.99. The maximum atomic E-state index is 12.3. The van der Waals surface area contributed by atoms with Crippen molar-refractivity contribution in [1.29, 1.82) is 0 Å². The molecule has 0 radical (unpaired) electrons. The molecule has 0 saturated heterocycles. The zero-order valence-corrected chi connectivity index (χ0v) is 18.7. The molecule has 29 heavy (non-hydrogen) atoms. The Labute approximate surface area is 192 Å². The third-order valence-corrected chi connectivity index (χ3v) is 6.29. The van der Waals surface area contributed by atoms with Gasteiger partial charge in [0.05, 0.1) is 31.5 Å². The summed E-state index contributed by atoms with van der Waals surface area (Å²) < 4.78 is 1.84. The summed E-state index contributed by atoms with van der Waals surface area (Å²) in [5, 5.41) is 13.3. The topological polar surface area (TPSA) is 59.8 Å². The first kappa shape index (κ1) is 22.0. The average Bonchev–Trinajstić information content (AvgIpc) is 3.09. The van der Waals surface area contributed by atoms with Crippen LogP contribution in [0, 0.1) is 0 Å². The van der Waals surface area contributed by atoms with Gasteiger partial charge in [-0.3, -0.25) is 9.36 Å². The summed E-state index contributed by atoms with van der Waals surface area (Å²) in [5.74, 6) is 0.465. The number of halogens is 4. The molecule has 3 aromatic rings. The Hall–Kier alpha value is -1.70. The molecule has 1 N–H and O–H groups in total. The van der Waals surface area contributed by atoms with Crippen molar-refractivity contribution < 1.29 is 4.79 Å². The molecule has 0 aliphatic heterocycles. The number of carbonyl (C=O) groups excluding carboxylic acids is 1. The Morgan fingerprint density at radius 1 is 1.10 bits per heavy atom. The molecule has 0 fully saturated rings. The summed E-state index contributed by atoms with van der Waals surface area (Å²) in [6.07, 6.45) is 1.72. The standard InChI is InChI=1S/C19H14Cl4N4OS/c1-2-8-27-18(11-6-7-12(20)14(22)9-11)25-26-19(27)29-10-16(28)24-15-5-3-4-13(21)17(15)23/h2-7,9H,1,8,10H2,(H,24,28). The molecule has 0 atom stereocenters. The lowest BCUT2D eigenvalue weighted by atomic mass is 10.2. The molecule has 0 spiro atoms. The lowest BCUT2D eigenvalue weighted by Crippen LogP contribution is -2.15. The van der Waals surface area contributed by atoms with Crippen molar-refractivity contribution in [2.45, 2.75) is 11.7 Å². The van der Waals surface area contributed by atoms with E-state index >= 15 is 0 Å². The summed E-state index contributed by atoms with van der Waals surface area (Å²) in [7, 11) is 0. The molecule has 0 aliphatic rings. The van der Waals surface area contributed by atoms with E-state index in [-0.39, 0.29) is 11.7 Å². The van der Waals surface area contributed by atoms with Crippen molar-refractivity contribution in [3.8, 4) is 11.4 Å². The van der Waals surface area contributed by atoms with Gasteiger partial charge >= 0.3 is 0 Å². The minimum absolute atomic E-state index is 0.111. The molecule has 10 heteroatoms. The Morgan fingerprint density at radius 2 is 1.90 bits per heavy atom. The van der Waals surface area contributed by atoms with Crippen molar-refractivity contribution in [2.75, 3.05) is 11.1 Å². The SMILES string of the molecule is C=CCn1c(SCC(=O)Nc2cccc(Cl)c2Cl)nnc1-c1ccc(Cl)c(Cl)c1. The lowest BCUT2D eigenvalue weighted by Gasteiger charge is -2.09. The number of hydrogen-bond acceptors (Lipinski definition) is 4. The molecule has 0 aliphatic carbocycles. The third-order valence-electron chi connectivity index (χ3n) is 3.76. The van der Waals surface area contributed by atoms with Crippen LogP contribution < -0.4 is 5.32 Å². The Bertz CT molecular complexity index is 1070. The number of nitrogens with zero attached hydrogens (tertiary/aromatic N) is 3. The number of benzene rings is 2. The predicted octanol–water partition coefficient (Wildman–Crippen LogP) is 6.48. The molecular weight excluding hydrogens is 474 g/mol. The van der Waals surface area contributed by atoms with Crippen molar-refractivity contribution in [2.24, 2.45) is 0 Å². The summed E-state index contributed by atoms with van der Waals surface area (Å²) in [6.45, 7) is 4.24. The largest absolute Gasteiger partial charge is 0.324 e. The molecule has 2 aromatic carbocycles. The second kappa shape index (κ2) is 9.87. The fourth-order valence-corrected chi connectivity index (χ4v) is 3.85. The van der Waals surface area contributed by atoms with E-state index in [4.69, 9.17) is 46.4 Å². The second-order valence-corrected chi connectivity index (χ2v) is 8.31. The van der Waals surface area contributed by atoms with Gasteiger partial charge in [0.1, 0.15) is 0 Å². The van der Waals surface area contributed by atoms with Crippen LogP contribution in [0.4, 0.5) is 5.69 Å². The van der Waals surface area contributed by atoms with Crippen LogP contribution >= 0.6 is 58.2 Å². The molecule has 150 valence electrons. The normalized spacial score (nSPS) is 10.8. The van der Waals surface area contributed by atoms with Gasteiger partial charge < -0.3 is 5.32 Å². The van der Waals surface area contributed by atoms with Gasteiger partial charge in [-0.05, 0) is 30.3 Å². The van der Waals surface area contributed by atoms with Crippen molar-refractivity contribution in [1.82, 2.24) is 14.8 Å². The summed E-state index contributed by atoms with van der Waals surface area (Å²) in [5.41, 5.74) is 1.21. The molecule has 1 amide bonds. The van der Waals surface area contributed by atoms with E-state index in [0.29, 0.717) is 43.3 Å². The number of amides is 1. The first-order valence-corrected chi connectivity index (χ1v) is 10.8. The van der Waals surface area contributed by atoms with E-state index in [9.17, 15) is 4.79 Å². The fraction of sp³-hybridized carbons (Fsp3) is 0.105. The van der Waals surface area contributed by atoms with Crippen LogP contribution in [0.2, 0.25) is 20.1 Å². The first-order valence-electron chi connectivity index (χ1n) is 8.27. The molecule has 1 heterocycles. The zero-order valence-electron chi connectivity index (χ0n) is 14.8. The summed E-state index contributed by atoms with van der Waals surface area (Å²) >= 11 is 25.4. The Kier molecular flexibility index (Phi) is 7.49. The van der Waals surface area contributed by atoms with Crippen molar-refractivity contribution in [3.63, 3.8) is 0 Å². The maximum absolute atomic E-state index is 12.3. The van der Waals surface area contributed by atoms with Crippen LogP contribution in [-0.2, 0) is 11.3 Å². The van der Waals surface area contributed by atoms with Crippen LogP contribution in [0.15, 0.2) is 54.2 Å². The van der Waals surface area contributed by atoms with Gasteiger partial charge in [-0.1, -0.05) is 70.3 Å². The van der Waals surface area contributed by atoms with Crippen LogP contribution in [0.3, 0.4) is 0 Å². The van der Waals surface area contributed by atoms with E-state index in [0.717, 1.165) is 5.56 Å². The quantitative estimate of drug-likeness (QED) is 0.306. The van der Waals surface area contributed by atoms with E-state index in [1.54, 1.807) is 42.5 Å². The van der Waals surface area contributed by atoms with E-state index < -0.39 is 0 Å². The maximum Gasteiger partial charge on any atom is 0.234 e. The number of nitrogens with one attached hydrogen (secondary N) is 1. The molecule has 5 nitrogen and oxygen atoms in total. The summed E-state index contributed by atoms with van der Waals surface area (Å²) in [4.78, 5) is 12.3. The van der Waals surface area contributed by atoms with Gasteiger partial charge in [0.25, 0.3) is 0 Å². The van der Waals surface area contributed by atoms with Crippen LogP contribution in [0.25, 0.3) is 11.4 Å². The van der Waals surface area contributed by atoms with E-state index in [2.05, 4.69) is 22.1 Å². The monoisotopic (exact) mass is 486 g/mol. The van der Waals surface area contributed by atoms with Gasteiger partial charge in [0.2, 0.25) is 5.91 Å². The minimum atomic E-state index is -0.247. The van der Waals surface area contributed by atoms with E-state index in [1.165, 1.54) is 11.8 Å². The van der Waals surface area contributed by atoms with Gasteiger partial charge in [-0.2, -0.15) is 0 Å². The average molecular weight is 488 g/mol. The fourth-order valence-electron chi connectivity index (χ4n) is 2.45. The molecule has 1 aromatic heterocycles. The summed E-state index contributed by atoms with van der Waals surface area (Å²) in [6, 6.07) is 10.3. The third kappa shape index (κ3) is 5.27. The predicted molar refractivity (Wildman–Crippen MR) is 121 cm³/mol. The number of hydrogen-bond donors (Lipinski definition) is 1. The van der Waals surface area contributed by atoms with E-state index in [1.807, 2.05) is 4.57 Å². The lowest BCUT2D eigenvalue weighted by molar-refractivity contribution is -0.113. The Balaban J connectivity index is 1.76. The van der Waals surface area contributed by atoms with Gasteiger partial charge in [0, 0.05) is 12.1 Å². The highest BCUT2D eigenvalue weighted by Gasteiger charge is 2.16. The molecule has 0 unspecified atom stereocenters. The number of anilines is 1. The molecule has 3 rings (SSSR count). The van der Waals surface area contributed by atoms with Gasteiger partial charge in [-0.15, -0.1) is 16.8 Å². The highest BCUT2D eigenvalue weighted by atomic mass is 35.5. The van der Waals surface area contributed by atoms with Crippen LogP contribution in [0.1, 0.15) is 0 Å². The molecule has 0 bridgehead atoms. The first-order chi connectivity index (χ1) is 13.9. The number of aromatic nitrogens is 3. The van der Waals surface area contributed by atoms with Crippen LogP contribution in [0.5, 0.6) is 0 Å². The Morgan fingerprint density at radius 3 is 2.62 bits per heavy atom. The molecular formula is C19H14Cl4N4OS. The minimum Gasteiger partial charge on any atom is -0.324 e. The van der Waals surface area contributed by atoms with Crippen LogP contribution in [-0.4, -0.2) is 26.4 Å². The van der Waals surface area contributed by atoms with Gasteiger partial charge in [-0.25, -0.2) is 0 Å². The number of allylic oxidation sites excluding steroid dienone is 1. The zero-order chi connectivity index (χ0) is 21.0.